The van der Waals surface area contributed by atoms with Crippen molar-refractivity contribution in [3.05, 3.63) is 22.9 Å². The molecule has 0 saturated carbocycles. The van der Waals surface area contributed by atoms with Gasteiger partial charge in [0.15, 0.2) is 0 Å². The summed E-state index contributed by atoms with van der Waals surface area (Å²) >= 11 is 3.43. The summed E-state index contributed by atoms with van der Waals surface area (Å²) in [6.45, 7) is 3.24. The van der Waals surface area contributed by atoms with Crippen LogP contribution in [0.15, 0.2) is 22.9 Å². The molecule has 16 heavy (non-hydrogen) atoms. The average molecular weight is 288 g/mol. The van der Waals surface area contributed by atoms with Crippen molar-refractivity contribution in [1.82, 2.24) is 9.88 Å². The van der Waals surface area contributed by atoms with E-state index in [2.05, 4.69) is 31.1 Å². The lowest BCUT2D eigenvalue weighted by Crippen LogP contribution is -2.20. The zero-order chi connectivity index (χ0) is 11.8. The number of hydrogen-bond acceptors (Lipinski definition) is 4. The monoisotopic (exact) mass is 287 g/mol. The zero-order valence-corrected chi connectivity index (χ0v) is 11.3. The van der Waals surface area contributed by atoms with E-state index in [-0.39, 0.29) is 0 Å². The molecule has 0 fully saturated rings. The summed E-state index contributed by atoms with van der Waals surface area (Å²) in [7, 11) is 4.07. The average Bonchev–Trinajstić information content (AvgIpc) is 2.25. The molecule has 1 rings (SSSR count). The van der Waals surface area contributed by atoms with Crippen molar-refractivity contribution in [2.45, 2.75) is 0 Å². The maximum absolute atomic E-state index is 5.47. The largest absolute Gasteiger partial charge is 0.382 e. The van der Waals surface area contributed by atoms with Crippen LogP contribution in [0.25, 0.3) is 0 Å². The van der Waals surface area contributed by atoms with Gasteiger partial charge in [-0.2, -0.15) is 0 Å². The van der Waals surface area contributed by atoms with Crippen molar-refractivity contribution in [3.63, 3.8) is 0 Å². The number of nitrogens with zero attached hydrogens (tertiary/aromatic N) is 2. The number of rotatable bonds is 7. The molecule has 0 aromatic carbocycles. The van der Waals surface area contributed by atoms with Crippen molar-refractivity contribution in [1.29, 1.82) is 0 Å². The minimum Gasteiger partial charge on any atom is -0.382 e. The smallest absolute Gasteiger partial charge is 0.0639 e. The summed E-state index contributed by atoms with van der Waals surface area (Å²) in [5, 5.41) is 3.28. The van der Waals surface area contributed by atoms with E-state index in [1.807, 2.05) is 20.2 Å². The quantitative estimate of drug-likeness (QED) is 0.777. The Hall–Kier alpha value is -0.650. The molecule has 1 N–H and O–H groups in total. The lowest BCUT2D eigenvalue weighted by molar-refractivity contribution is 0.126. The van der Waals surface area contributed by atoms with Crippen LogP contribution in [-0.2, 0) is 4.74 Å². The van der Waals surface area contributed by atoms with Crippen LogP contribution in [-0.4, -0.2) is 50.3 Å². The Balaban J connectivity index is 2.10. The SMILES string of the molecule is CN(C)CCOCCNc1ccncc1Br. The molecule has 4 nitrogen and oxygen atoms in total. The first-order valence-corrected chi connectivity index (χ1v) is 6.05. The Morgan fingerprint density at radius 2 is 2.25 bits per heavy atom. The molecule has 1 aromatic rings. The normalized spacial score (nSPS) is 10.8. The van der Waals surface area contributed by atoms with Crippen molar-refractivity contribution >= 4 is 21.6 Å². The predicted molar refractivity (Wildman–Crippen MR) is 69.8 cm³/mol. The van der Waals surface area contributed by atoms with E-state index in [4.69, 9.17) is 4.74 Å². The zero-order valence-electron chi connectivity index (χ0n) is 9.74. The van der Waals surface area contributed by atoms with E-state index in [1.165, 1.54) is 0 Å². The summed E-state index contributed by atoms with van der Waals surface area (Å²) < 4.78 is 6.45. The molecular weight excluding hydrogens is 270 g/mol. The number of halogens is 1. The van der Waals surface area contributed by atoms with E-state index in [9.17, 15) is 0 Å². The van der Waals surface area contributed by atoms with E-state index in [0.717, 1.165) is 29.9 Å². The van der Waals surface area contributed by atoms with Gasteiger partial charge in [0, 0.05) is 25.5 Å². The van der Waals surface area contributed by atoms with Crippen LogP contribution < -0.4 is 5.32 Å². The van der Waals surface area contributed by atoms with Gasteiger partial charge in [0.2, 0.25) is 0 Å². The molecule has 0 aliphatic heterocycles. The maximum Gasteiger partial charge on any atom is 0.0639 e. The van der Waals surface area contributed by atoms with Gasteiger partial charge in [-0.1, -0.05) is 0 Å². The molecule has 0 bridgehead atoms. The van der Waals surface area contributed by atoms with E-state index >= 15 is 0 Å². The Kier molecular flexibility index (Phi) is 6.37. The standard InChI is InChI=1S/C11H18BrN3O/c1-15(2)6-8-16-7-5-14-11-3-4-13-9-10(11)12/h3-4,9H,5-8H2,1-2H3,(H,13,14). The summed E-state index contributed by atoms with van der Waals surface area (Å²) in [5.74, 6) is 0. The summed E-state index contributed by atoms with van der Waals surface area (Å²) in [4.78, 5) is 6.10. The molecule has 0 saturated heterocycles. The van der Waals surface area contributed by atoms with Gasteiger partial charge in [-0.15, -0.1) is 0 Å². The van der Waals surface area contributed by atoms with Crippen LogP contribution in [0.5, 0.6) is 0 Å². The van der Waals surface area contributed by atoms with E-state index in [0.29, 0.717) is 6.61 Å². The minimum absolute atomic E-state index is 0.711. The highest BCUT2D eigenvalue weighted by Gasteiger charge is 1.97. The lowest BCUT2D eigenvalue weighted by atomic mass is 10.4. The Bertz CT molecular complexity index is 307. The minimum atomic E-state index is 0.711. The third kappa shape index (κ3) is 5.44. The van der Waals surface area contributed by atoms with E-state index < -0.39 is 0 Å². The molecule has 1 aromatic heterocycles. The molecule has 90 valence electrons. The van der Waals surface area contributed by atoms with Crippen molar-refractivity contribution in [2.75, 3.05) is 45.7 Å². The number of likely N-dealkylation sites (N-methyl/N-ethyl adjacent to an activating group) is 1. The van der Waals surface area contributed by atoms with Crippen LogP contribution in [0, 0.1) is 0 Å². The second kappa shape index (κ2) is 7.60. The predicted octanol–water partition coefficient (Wildman–Crippen LogP) is 1.83. The summed E-state index contributed by atoms with van der Waals surface area (Å²) in [5.41, 5.74) is 1.05. The third-order valence-electron chi connectivity index (χ3n) is 2.02. The lowest BCUT2D eigenvalue weighted by Gasteiger charge is -2.11. The van der Waals surface area contributed by atoms with E-state index in [1.54, 1.807) is 12.4 Å². The molecular formula is C11H18BrN3O. The highest BCUT2D eigenvalue weighted by molar-refractivity contribution is 9.10. The van der Waals surface area contributed by atoms with Gasteiger partial charge in [-0.3, -0.25) is 4.98 Å². The van der Waals surface area contributed by atoms with Crippen molar-refractivity contribution in [3.8, 4) is 0 Å². The maximum atomic E-state index is 5.47. The van der Waals surface area contributed by atoms with Gasteiger partial charge in [0.05, 0.1) is 23.4 Å². The Morgan fingerprint density at radius 1 is 1.44 bits per heavy atom. The second-order valence-corrected chi connectivity index (χ2v) is 4.55. The van der Waals surface area contributed by atoms with Crippen LogP contribution in [0.2, 0.25) is 0 Å². The first-order chi connectivity index (χ1) is 7.70. The molecule has 0 spiro atoms. The number of aromatic nitrogens is 1. The molecule has 0 aliphatic rings. The highest BCUT2D eigenvalue weighted by atomic mass is 79.9. The summed E-state index contributed by atoms with van der Waals surface area (Å²) in [6.07, 6.45) is 3.54. The van der Waals surface area contributed by atoms with Gasteiger partial charge >= 0.3 is 0 Å². The van der Waals surface area contributed by atoms with Gasteiger partial charge in [-0.25, -0.2) is 0 Å². The first-order valence-electron chi connectivity index (χ1n) is 5.26. The number of anilines is 1. The van der Waals surface area contributed by atoms with Crippen molar-refractivity contribution < 1.29 is 4.74 Å². The third-order valence-corrected chi connectivity index (χ3v) is 2.65. The molecule has 0 aliphatic carbocycles. The number of nitrogens with one attached hydrogen (secondary N) is 1. The van der Waals surface area contributed by atoms with Crippen LogP contribution in [0.4, 0.5) is 5.69 Å². The Morgan fingerprint density at radius 3 is 2.94 bits per heavy atom. The molecule has 1 heterocycles. The second-order valence-electron chi connectivity index (χ2n) is 3.70. The highest BCUT2D eigenvalue weighted by Crippen LogP contribution is 2.19. The fourth-order valence-electron chi connectivity index (χ4n) is 1.13. The topological polar surface area (TPSA) is 37.4 Å². The molecule has 0 amide bonds. The Labute approximate surface area is 105 Å². The fourth-order valence-corrected chi connectivity index (χ4v) is 1.52. The van der Waals surface area contributed by atoms with Gasteiger partial charge < -0.3 is 15.0 Å². The molecule has 0 radical (unpaired) electrons. The van der Waals surface area contributed by atoms with Crippen molar-refractivity contribution in [2.24, 2.45) is 0 Å². The first kappa shape index (κ1) is 13.4. The van der Waals surface area contributed by atoms with Gasteiger partial charge in [-0.05, 0) is 36.1 Å². The van der Waals surface area contributed by atoms with Crippen LogP contribution in [0.3, 0.4) is 0 Å². The number of pyridine rings is 1. The fraction of sp³-hybridized carbons (Fsp3) is 0.545. The van der Waals surface area contributed by atoms with Gasteiger partial charge in [0.25, 0.3) is 0 Å². The van der Waals surface area contributed by atoms with Crippen LogP contribution in [0.1, 0.15) is 0 Å². The number of hydrogen-bond donors (Lipinski definition) is 1. The molecule has 0 unspecified atom stereocenters. The molecule has 0 atom stereocenters. The summed E-state index contributed by atoms with van der Waals surface area (Å²) in [6, 6.07) is 1.93. The van der Waals surface area contributed by atoms with Gasteiger partial charge in [0.1, 0.15) is 0 Å². The molecule has 5 heteroatoms. The number of ether oxygens (including phenoxy) is 1. The van der Waals surface area contributed by atoms with Crippen LogP contribution >= 0.6 is 15.9 Å².